The first-order chi connectivity index (χ1) is 13.3. The third-order valence-electron chi connectivity index (χ3n) is 4.84. The Balaban J connectivity index is 1.27. The average molecular weight is 361 g/mol. The van der Waals surface area contributed by atoms with Crippen LogP contribution in [0.25, 0.3) is 0 Å². The van der Waals surface area contributed by atoms with E-state index < -0.39 is 0 Å². The molecule has 1 saturated heterocycles. The minimum Gasteiger partial charge on any atom is -0.351 e. The zero-order valence-electron chi connectivity index (χ0n) is 15.0. The maximum Gasteiger partial charge on any atom is 0.238 e. The van der Waals surface area contributed by atoms with Crippen molar-refractivity contribution in [3.05, 3.63) is 90.0 Å². The van der Waals surface area contributed by atoms with E-state index in [0.29, 0.717) is 6.54 Å². The van der Waals surface area contributed by atoms with Gasteiger partial charge in [-0.05, 0) is 23.1 Å². The molecule has 1 amide bonds. The Labute approximate surface area is 158 Å². The van der Waals surface area contributed by atoms with E-state index >= 15 is 0 Å². The molecular weight excluding hydrogens is 338 g/mol. The first kappa shape index (κ1) is 17.5. The average Bonchev–Trinajstić information content (AvgIpc) is 3.40. The summed E-state index contributed by atoms with van der Waals surface area (Å²) in [6, 6.07) is 18.4. The molecule has 1 fully saturated rings. The van der Waals surface area contributed by atoms with Crippen molar-refractivity contribution in [3.63, 3.8) is 0 Å². The maximum atomic E-state index is 12.5. The van der Waals surface area contributed by atoms with Crippen LogP contribution in [0.3, 0.4) is 0 Å². The summed E-state index contributed by atoms with van der Waals surface area (Å²) in [7, 11) is 0. The lowest BCUT2D eigenvalue weighted by Gasteiger charge is -2.11. The molecule has 2 atom stereocenters. The minimum absolute atomic E-state index is 0.0171. The predicted molar refractivity (Wildman–Crippen MR) is 103 cm³/mol. The number of carbonyl (C=O) groups is 1. The third-order valence-corrected chi connectivity index (χ3v) is 4.84. The number of nitrogens with zero attached hydrogens (tertiary/aromatic N) is 2. The molecular formula is C21H23N5O. The highest BCUT2D eigenvalue weighted by Crippen LogP contribution is 2.21. The molecule has 1 aromatic heterocycles. The van der Waals surface area contributed by atoms with E-state index in [4.69, 9.17) is 0 Å². The number of amides is 1. The van der Waals surface area contributed by atoms with Crippen LogP contribution in [-0.2, 0) is 17.9 Å². The van der Waals surface area contributed by atoms with Gasteiger partial charge in [0.1, 0.15) is 6.04 Å². The molecule has 3 N–H and O–H groups in total. The summed E-state index contributed by atoms with van der Waals surface area (Å²) in [4.78, 5) is 16.5. The summed E-state index contributed by atoms with van der Waals surface area (Å²) >= 11 is 0. The van der Waals surface area contributed by atoms with Gasteiger partial charge < -0.3 is 9.88 Å². The Bertz CT molecular complexity index is 861. The molecule has 0 spiro atoms. The molecule has 138 valence electrons. The molecule has 27 heavy (non-hydrogen) atoms. The van der Waals surface area contributed by atoms with Crippen LogP contribution in [0.5, 0.6) is 0 Å². The number of hydrogen-bond acceptors (Lipinski definition) is 4. The lowest BCUT2D eigenvalue weighted by atomic mass is 10.0. The first-order valence-corrected chi connectivity index (χ1v) is 9.15. The number of benzene rings is 2. The summed E-state index contributed by atoms with van der Waals surface area (Å²) in [5.74, 6) is 0.0171. The van der Waals surface area contributed by atoms with Gasteiger partial charge >= 0.3 is 0 Å². The van der Waals surface area contributed by atoms with E-state index in [1.54, 1.807) is 12.5 Å². The maximum absolute atomic E-state index is 12.5. The zero-order chi connectivity index (χ0) is 18.5. The lowest BCUT2D eigenvalue weighted by molar-refractivity contribution is -0.123. The van der Waals surface area contributed by atoms with Gasteiger partial charge in [-0.25, -0.2) is 15.8 Å². The Morgan fingerprint density at radius 2 is 1.85 bits per heavy atom. The van der Waals surface area contributed by atoms with Crippen LogP contribution in [0.2, 0.25) is 0 Å². The van der Waals surface area contributed by atoms with Crippen LogP contribution in [-0.4, -0.2) is 21.5 Å². The van der Waals surface area contributed by atoms with Gasteiger partial charge in [0.15, 0.2) is 0 Å². The largest absolute Gasteiger partial charge is 0.351 e. The van der Waals surface area contributed by atoms with Crippen LogP contribution in [0.1, 0.15) is 29.2 Å². The fourth-order valence-corrected chi connectivity index (χ4v) is 3.30. The quantitative estimate of drug-likeness (QED) is 0.629. The Kier molecular flexibility index (Phi) is 5.27. The molecule has 4 rings (SSSR count). The molecule has 1 aliphatic rings. The van der Waals surface area contributed by atoms with Crippen molar-refractivity contribution in [2.75, 3.05) is 0 Å². The van der Waals surface area contributed by atoms with E-state index in [1.165, 1.54) is 11.1 Å². The van der Waals surface area contributed by atoms with Gasteiger partial charge in [-0.1, -0.05) is 54.6 Å². The molecule has 0 saturated carbocycles. The summed E-state index contributed by atoms with van der Waals surface area (Å²) in [5, 5.41) is 3.02. The van der Waals surface area contributed by atoms with Gasteiger partial charge in [0.25, 0.3) is 0 Å². The SMILES string of the molecule is O=C(NCc1ccc(Cn2ccnc2)cc1)C1CC(c2ccccc2)NN1. The van der Waals surface area contributed by atoms with Gasteiger partial charge in [-0.15, -0.1) is 0 Å². The van der Waals surface area contributed by atoms with Crippen molar-refractivity contribution in [2.24, 2.45) is 0 Å². The standard InChI is InChI=1S/C21H23N5O/c27-21(20-12-19(24-25-20)18-4-2-1-3-5-18)23-13-16-6-8-17(9-7-16)14-26-11-10-22-15-26/h1-11,15,19-20,24-25H,12-14H2,(H,23,27). The summed E-state index contributed by atoms with van der Waals surface area (Å²) in [5.41, 5.74) is 9.80. The number of aromatic nitrogens is 2. The second-order valence-corrected chi connectivity index (χ2v) is 6.81. The van der Waals surface area contributed by atoms with Crippen LogP contribution in [0.15, 0.2) is 73.3 Å². The number of imidazole rings is 1. The Hall–Kier alpha value is -2.96. The lowest BCUT2D eigenvalue weighted by Crippen LogP contribution is -2.42. The van der Waals surface area contributed by atoms with E-state index in [1.807, 2.05) is 29.0 Å². The molecule has 6 nitrogen and oxygen atoms in total. The highest BCUT2D eigenvalue weighted by Gasteiger charge is 2.29. The van der Waals surface area contributed by atoms with Crippen LogP contribution >= 0.6 is 0 Å². The molecule has 3 aromatic rings. The molecule has 2 heterocycles. The Morgan fingerprint density at radius 1 is 1.07 bits per heavy atom. The fraction of sp³-hybridized carbons (Fsp3) is 0.238. The fourth-order valence-electron chi connectivity index (χ4n) is 3.30. The van der Waals surface area contributed by atoms with Gasteiger partial charge in [0.05, 0.1) is 6.33 Å². The van der Waals surface area contributed by atoms with E-state index in [-0.39, 0.29) is 18.0 Å². The number of nitrogens with one attached hydrogen (secondary N) is 3. The van der Waals surface area contributed by atoms with Crippen molar-refractivity contribution in [1.82, 2.24) is 25.7 Å². The van der Waals surface area contributed by atoms with Gasteiger partial charge in [-0.2, -0.15) is 0 Å². The molecule has 6 heteroatoms. The number of carbonyl (C=O) groups excluding carboxylic acids is 1. The predicted octanol–water partition coefficient (Wildman–Crippen LogP) is 2.16. The number of hydrazine groups is 1. The molecule has 0 aliphatic carbocycles. The van der Waals surface area contributed by atoms with Crippen molar-refractivity contribution < 1.29 is 4.79 Å². The van der Waals surface area contributed by atoms with Crippen molar-refractivity contribution in [1.29, 1.82) is 0 Å². The molecule has 1 aliphatic heterocycles. The topological polar surface area (TPSA) is 71.0 Å². The zero-order valence-corrected chi connectivity index (χ0v) is 15.0. The number of hydrogen-bond donors (Lipinski definition) is 3. The second kappa shape index (κ2) is 8.16. The highest BCUT2D eigenvalue weighted by molar-refractivity contribution is 5.82. The van der Waals surface area contributed by atoms with Gasteiger partial charge in [0.2, 0.25) is 5.91 Å². The van der Waals surface area contributed by atoms with E-state index in [2.05, 4.69) is 57.6 Å². The van der Waals surface area contributed by atoms with Crippen molar-refractivity contribution in [2.45, 2.75) is 31.6 Å². The highest BCUT2D eigenvalue weighted by atomic mass is 16.2. The van der Waals surface area contributed by atoms with Crippen LogP contribution < -0.4 is 16.2 Å². The molecule has 0 radical (unpaired) electrons. The second-order valence-electron chi connectivity index (χ2n) is 6.81. The third kappa shape index (κ3) is 4.42. The smallest absolute Gasteiger partial charge is 0.238 e. The molecule has 2 aromatic carbocycles. The summed E-state index contributed by atoms with van der Waals surface area (Å²) < 4.78 is 2.03. The van der Waals surface area contributed by atoms with Crippen molar-refractivity contribution >= 4 is 5.91 Å². The van der Waals surface area contributed by atoms with E-state index in [0.717, 1.165) is 18.5 Å². The monoisotopic (exact) mass is 361 g/mol. The summed E-state index contributed by atoms with van der Waals surface area (Å²) in [6.45, 7) is 1.32. The molecule has 2 unspecified atom stereocenters. The minimum atomic E-state index is -0.226. The van der Waals surface area contributed by atoms with E-state index in [9.17, 15) is 4.79 Å². The normalized spacial score (nSPS) is 19.1. The summed E-state index contributed by atoms with van der Waals surface area (Å²) in [6.07, 6.45) is 6.26. The Morgan fingerprint density at radius 3 is 2.59 bits per heavy atom. The van der Waals surface area contributed by atoms with Gasteiger partial charge in [0, 0.05) is 31.5 Å². The van der Waals surface area contributed by atoms with Crippen molar-refractivity contribution in [3.8, 4) is 0 Å². The van der Waals surface area contributed by atoms with Crippen LogP contribution in [0.4, 0.5) is 0 Å². The first-order valence-electron chi connectivity index (χ1n) is 9.15. The van der Waals surface area contributed by atoms with Crippen LogP contribution in [0, 0.1) is 0 Å². The number of rotatable bonds is 6. The molecule has 0 bridgehead atoms. The van der Waals surface area contributed by atoms with Gasteiger partial charge in [-0.3, -0.25) is 4.79 Å².